The second-order valence-corrected chi connectivity index (χ2v) is 8.03. The Morgan fingerprint density at radius 3 is 2.19 bits per heavy atom. The molecule has 0 saturated carbocycles. The summed E-state index contributed by atoms with van der Waals surface area (Å²) < 4.78 is 66.0. The van der Waals surface area contributed by atoms with E-state index < -0.39 is 23.3 Å². The van der Waals surface area contributed by atoms with Crippen molar-refractivity contribution in [2.24, 2.45) is 5.73 Å². The Labute approximate surface area is 184 Å². The summed E-state index contributed by atoms with van der Waals surface area (Å²) in [7, 11) is 0. The molecule has 170 valence electrons. The van der Waals surface area contributed by atoms with Crippen LogP contribution >= 0.6 is 0 Å². The average molecular weight is 447 g/mol. The number of rotatable bonds is 8. The first-order chi connectivity index (χ1) is 15.0. The van der Waals surface area contributed by atoms with Crippen LogP contribution in [0.25, 0.3) is 0 Å². The smallest absolute Gasteiger partial charge is 0.394 e. The SMILES string of the molecule is CC(C)Oc1ccc([C@](N)(Cc2ccccc2)c2cc(F)cc(OC(C)(F)F)c2)cc1F. The van der Waals surface area contributed by atoms with E-state index in [0.29, 0.717) is 12.5 Å². The van der Waals surface area contributed by atoms with Gasteiger partial charge in [-0.05, 0) is 61.2 Å². The molecule has 0 amide bonds. The van der Waals surface area contributed by atoms with E-state index in [2.05, 4.69) is 4.74 Å². The van der Waals surface area contributed by atoms with Gasteiger partial charge in [0.25, 0.3) is 0 Å². The summed E-state index contributed by atoms with van der Waals surface area (Å²) >= 11 is 0. The van der Waals surface area contributed by atoms with Crippen molar-refractivity contribution in [2.45, 2.75) is 44.9 Å². The van der Waals surface area contributed by atoms with Gasteiger partial charge < -0.3 is 15.2 Å². The lowest BCUT2D eigenvalue weighted by atomic mass is 9.78. The molecule has 3 nitrogen and oxygen atoms in total. The number of hydrogen-bond acceptors (Lipinski definition) is 3. The highest BCUT2D eigenvalue weighted by Gasteiger charge is 2.33. The van der Waals surface area contributed by atoms with E-state index in [1.165, 1.54) is 18.2 Å². The zero-order valence-electron chi connectivity index (χ0n) is 18.0. The molecular formula is C25H25F4NO2. The van der Waals surface area contributed by atoms with E-state index in [1.807, 2.05) is 30.3 Å². The molecule has 0 spiro atoms. The van der Waals surface area contributed by atoms with Crippen LogP contribution in [0.1, 0.15) is 37.5 Å². The van der Waals surface area contributed by atoms with E-state index in [0.717, 1.165) is 17.7 Å². The van der Waals surface area contributed by atoms with Crippen molar-refractivity contribution in [3.8, 4) is 11.5 Å². The average Bonchev–Trinajstić information content (AvgIpc) is 2.68. The minimum absolute atomic E-state index is 0.0553. The molecule has 7 heteroatoms. The number of nitrogens with two attached hydrogens (primary N) is 1. The molecule has 0 heterocycles. The van der Waals surface area contributed by atoms with Crippen LogP contribution in [0.3, 0.4) is 0 Å². The van der Waals surface area contributed by atoms with Crippen LogP contribution in [0.5, 0.6) is 11.5 Å². The Balaban J connectivity index is 2.13. The van der Waals surface area contributed by atoms with Crippen LogP contribution in [-0.4, -0.2) is 12.2 Å². The Hall–Kier alpha value is -3.06. The molecule has 0 aromatic heterocycles. The van der Waals surface area contributed by atoms with Crippen molar-refractivity contribution in [1.82, 2.24) is 0 Å². The summed E-state index contributed by atoms with van der Waals surface area (Å²) in [5.74, 6) is -1.76. The summed E-state index contributed by atoms with van der Waals surface area (Å²) in [6, 6.07) is 16.6. The summed E-state index contributed by atoms with van der Waals surface area (Å²) in [5.41, 5.74) is 6.62. The molecule has 3 aromatic rings. The van der Waals surface area contributed by atoms with Crippen LogP contribution in [0, 0.1) is 11.6 Å². The Kier molecular flexibility index (Phi) is 6.79. The molecular weight excluding hydrogens is 422 g/mol. The van der Waals surface area contributed by atoms with Crippen molar-refractivity contribution in [3.63, 3.8) is 0 Å². The van der Waals surface area contributed by atoms with E-state index in [-0.39, 0.29) is 29.6 Å². The summed E-state index contributed by atoms with van der Waals surface area (Å²) in [6.45, 7) is 4.10. The van der Waals surface area contributed by atoms with Gasteiger partial charge in [0.1, 0.15) is 11.6 Å². The summed E-state index contributed by atoms with van der Waals surface area (Å²) in [4.78, 5) is 0. The second-order valence-electron chi connectivity index (χ2n) is 8.03. The van der Waals surface area contributed by atoms with Crippen molar-refractivity contribution in [2.75, 3.05) is 0 Å². The van der Waals surface area contributed by atoms with Crippen molar-refractivity contribution < 1.29 is 27.0 Å². The van der Waals surface area contributed by atoms with Gasteiger partial charge in [0, 0.05) is 13.0 Å². The van der Waals surface area contributed by atoms with Crippen LogP contribution in [0.15, 0.2) is 66.7 Å². The highest BCUT2D eigenvalue weighted by atomic mass is 19.3. The van der Waals surface area contributed by atoms with Gasteiger partial charge in [0.05, 0.1) is 11.6 Å². The van der Waals surface area contributed by atoms with Crippen LogP contribution in [-0.2, 0) is 12.0 Å². The molecule has 0 unspecified atom stereocenters. The third-order valence-electron chi connectivity index (χ3n) is 4.82. The third kappa shape index (κ3) is 5.79. The van der Waals surface area contributed by atoms with Gasteiger partial charge in [-0.3, -0.25) is 0 Å². The van der Waals surface area contributed by atoms with Crippen LogP contribution in [0.2, 0.25) is 0 Å². The quantitative estimate of drug-likeness (QED) is 0.419. The number of ether oxygens (including phenoxy) is 2. The number of hydrogen-bond donors (Lipinski definition) is 1. The van der Waals surface area contributed by atoms with Crippen molar-refractivity contribution >= 4 is 0 Å². The predicted octanol–water partition coefficient (Wildman–Crippen LogP) is 6.19. The van der Waals surface area contributed by atoms with E-state index >= 15 is 0 Å². The normalized spacial score (nSPS) is 13.7. The minimum atomic E-state index is -3.51. The lowest BCUT2D eigenvalue weighted by molar-refractivity contribution is -0.159. The van der Waals surface area contributed by atoms with E-state index in [4.69, 9.17) is 10.5 Å². The highest BCUT2D eigenvalue weighted by Crippen LogP contribution is 2.36. The molecule has 0 radical (unpaired) electrons. The maximum Gasteiger partial charge on any atom is 0.394 e. The van der Waals surface area contributed by atoms with Gasteiger partial charge in [-0.25, -0.2) is 8.78 Å². The lowest BCUT2D eigenvalue weighted by Crippen LogP contribution is -2.40. The predicted molar refractivity (Wildman–Crippen MR) is 115 cm³/mol. The summed E-state index contributed by atoms with van der Waals surface area (Å²) in [6.07, 6.45) is -3.59. The van der Waals surface area contributed by atoms with E-state index in [9.17, 15) is 17.6 Å². The van der Waals surface area contributed by atoms with Crippen LogP contribution in [0.4, 0.5) is 17.6 Å². The van der Waals surface area contributed by atoms with Gasteiger partial charge >= 0.3 is 6.11 Å². The number of halogens is 4. The minimum Gasteiger partial charge on any atom is -0.488 e. The first-order valence-corrected chi connectivity index (χ1v) is 10.1. The van der Waals surface area contributed by atoms with Gasteiger partial charge in [-0.15, -0.1) is 0 Å². The molecule has 0 saturated heterocycles. The molecule has 3 rings (SSSR count). The standard InChI is InChI=1S/C25H25F4NO2/c1-16(2)31-23-10-9-18(13-22(23)27)25(30,15-17-7-5-4-6-8-17)19-11-20(26)14-21(12-19)32-24(3,28)29/h4-14,16H,15,30H2,1-3H3/t25-/m1/s1. The lowest BCUT2D eigenvalue weighted by Gasteiger charge is -2.32. The Morgan fingerprint density at radius 2 is 1.59 bits per heavy atom. The fraction of sp³-hybridized carbons (Fsp3) is 0.280. The summed E-state index contributed by atoms with van der Waals surface area (Å²) in [5, 5.41) is 0. The number of benzene rings is 3. The molecule has 0 aliphatic heterocycles. The molecule has 0 aliphatic carbocycles. The zero-order chi connectivity index (χ0) is 23.5. The highest BCUT2D eigenvalue weighted by molar-refractivity contribution is 5.45. The fourth-order valence-corrected chi connectivity index (χ4v) is 3.50. The maximum absolute atomic E-state index is 14.8. The molecule has 32 heavy (non-hydrogen) atoms. The van der Waals surface area contributed by atoms with E-state index in [1.54, 1.807) is 19.9 Å². The Bertz CT molecular complexity index is 1070. The largest absolute Gasteiger partial charge is 0.488 e. The maximum atomic E-state index is 14.8. The van der Waals surface area contributed by atoms with Crippen molar-refractivity contribution in [1.29, 1.82) is 0 Å². The fourth-order valence-electron chi connectivity index (χ4n) is 3.50. The van der Waals surface area contributed by atoms with Crippen LogP contribution < -0.4 is 15.2 Å². The molecule has 1 atom stereocenters. The molecule has 0 fully saturated rings. The monoisotopic (exact) mass is 447 g/mol. The van der Waals surface area contributed by atoms with Gasteiger partial charge in [-0.2, -0.15) is 8.78 Å². The molecule has 3 aromatic carbocycles. The molecule has 2 N–H and O–H groups in total. The van der Waals surface area contributed by atoms with Gasteiger partial charge in [-0.1, -0.05) is 36.4 Å². The Morgan fingerprint density at radius 1 is 0.906 bits per heavy atom. The zero-order valence-corrected chi connectivity index (χ0v) is 18.0. The first-order valence-electron chi connectivity index (χ1n) is 10.1. The first kappa shape index (κ1) is 23.6. The third-order valence-corrected chi connectivity index (χ3v) is 4.82. The van der Waals surface area contributed by atoms with Gasteiger partial charge in [0.2, 0.25) is 0 Å². The topological polar surface area (TPSA) is 44.5 Å². The molecule has 0 bridgehead atoms. The second kappa shape index (κ2) is 9.20. The molecule has 0 aliphatic rings. The van der Waals surface area contributed by atoms with Crippen molar-refractivity contribution in [3.05, 3.63) is 95.1 Å². The van der Waals surface area contributed by atoms with Gasteiger partial charge in [0.15, 0.2) is 11.6 Å². The number of alkyl halides is 2.